The predicted molar refractivity (Wildman–Crippen MR) is 42.0 cm³/mol. The first-order chi connectivity index (χ1) is 4.79. The van der Waals surface area contributed by atoms with Gasteiger partial charge < -0.3 is 10.6 Å². The molecule has 0 aromatic heterocycles. The van der Waals surface area contributed by atoms with Crippen molar-refractivity contribution in [3.8, 4) is 0 Å². The highest BCUT2D eigenvalue weighted by atomic mass is 15.1. The molecule has 0 bridgehead atoms. The van der Waals surface area contributed by atoms with Crippen LogP contribution in [0.1, 0.15) is 26.2 Å². The van der Waals surface area contributed by atoms with E-state index in [9.17, 15) is 0 Å². The van der Waals surface area contributed by atoms with Crippen molar-refractivity contribution in [3.05, 3.63) is 0 Å². The minimum Gasteiger partial charge on any atom is -0.314 e. The maximum atomic E-state index is 3.67. The Balaban J connectivity index is 1.77. The summed E-state index contributed by atoms with van der Waals surface area (Å²) in [5, 5.41) is 6.94. The molecule has 2 rings (SSSR count). The Hall–Kier alpha value is -0.0800. The van der Waals surface area contributed by atoms with E-state index in [0.29, 0.717) is 5.54 Å². The van der Waals surface area contributed by atoms with Crippen molar-refractivity contribution in [2.75, 3.05) is 13.1 Å². The smallest absolute Gasteiger partial charge is 0.0322 e. The van der Waals surface area contributed by atoms with E-state index in [1.54, 1.807) is 0 Å². The van der Waals surface area contributed by atoms with Crippen LogP contribution in [0.25, 0.3) is 0 Å². The van der Waals surface area contributed by atoms with Crippen LogP contribution < -0.4 is 10.6 Å². The van der Waals surface area contributed by atoms with Crippen LogP contribution in [0.5, 0.6) is 0 Å². The van der Waals surface area contributed by atoms with Crippen molar-refractivity contribution in [1.29, 1.82) is 0 Å². The SMILES string of the molecule is CC1(NC2CNC2)CCC1. The summed E-state index contributed by atoms with van der Waals surface area (Å²) in [6.45, 7) is 4.69. The van der Waals surface area contributed by atoms with Crippen LogP contribution in [0.2, 0.25) is 0 Å². The molecule has 1 aliphatic heterocycles. The summed E-state index contributed by atoms with van der Waals surface area (Å²) >= 11 is 0. The summed E-state index contributed by atoms with van der Waals surface area (Å²) in [6, 6.07) is 0.769. The second kappa shape index (κ2) is 2.21. The fourth-order valence-electron chi connectivity index (χ4n) is 1.73. The molecule has 10 heavy (non-hydrogen) atoms. The van der Waals surface area contributed by atoms with E-state index in [4.69, 9.17) is 0 Å². The van der Waals surface area contributed by atoms with E-state index in [0.717, 1.165) is 6.04 Å². The van der Waals surface area contributed by atoms with E-state index in [1.807, 2.05) is 0 Å². The zero-order chi connectivity index (χ0) is 7.03. The van der Waals surface area contributed by atoms with Crippen LogP contribution in [-0.2, 0) is 0 Å². The molecule has 1 heterocycles. The molecule has 2 N–H and O–H groups in total. The van der Waals surface area contributed by atoms with Gasteiger partial charge in [0.05, 0.1) is 0 Å². The Labute approximate surface area is 62.4 Å². The molecule has 0 spiro atoms. The lowest BCUT2D eigenvalue weighted by molar-refractivity contribution is 0.163. The molecule has 0 aromatic carbocycles. The lowest BCUT2D eigenvalue weighted by atomic mass is 9.78. The highest BCUT2D eigenvalue weighted by Crippen LogP contribution is 2.31. The molecule has 0 radical (unpaired) electrons. The normalized spacial score (nSPS) is 30.9. The van der Waals surface area contributed by atoms with Crippen molar-refractivity contribution >= 4 is 0 Å². The molecule has 2 fully saturated rings. The van der Waals surface area contributed by atoms with Crippen LogP contribution in [0.15, 0.2) is 0 Å². The molecule has 0 aromatic rings. The number of rotatable bonds is 2. The van der Waals surface area contributed by atoms with Gasteiger partial charge in [-0.25, -0.2) is 0 Å². The van der Waals surface area contributed by atoms with Crippen molar-refractivity contribution in [1.82, 2.24) is 10.6 Å². The van der Waals surface area contributed by atoms with Gasteiger partial charge in [-0.3, -0.25) is 0 Å². The number of nitrogens with one attached hydrogen (secondary N) is 2. The Morgan fingerprint density at radius 1 is 1.40 bits per heavy atom. The first-order valence-electron chi connectivity index (χ1n) is 4.27. The van der Waals surface area contributed by atoms with Crippen molar-refractivity contribution in [3.63, 3.8) is 0 Å². The second-order valence-corrected chi connectivity index (χ2v) is 3.91. The van der Waals surface area contributed by atoms with Gasteiger partial charge in [0.2, 0.25) is 0 Å². The molecular weight excluding hydrogens is 124 g/mol. The molecular formula is C8H16N2. The Morgan fingerprint density at radius 2 is 2.10 bits per heavy atom. The Bertz CT molecular complexity index is 125. The third-order valence-corrected chi connectivity index (χ3v) is 2.79. The van der Waals surface area contributed by atoms with E-state index >= 15 is 0 Å². The van der Waals surface area contributed by atoms with Gasteiger partial charge in [0.1, 0.15) is 0 Å². The fourth-order valence-corrected chi connectivity index (χ4v) is 1.73. The standard InChI is InChI=1S/C8H16N2/c1-8(3-2-4-8)10-7-5-9-6-7/h7,9-10H,2-6H2,1H3. The third kappa shape index (κ3) is 1.06. The summed E-state index contributed by atoms with van der Waals surface area (Å²) in [5.41, 5.74) is 0.507. The Kier molecular flexibility index (Phi) is 1.46. The number of hydrogen-bond acceptors (Lipinski definition) is 2. The topological polar surface area (TPSA) is 24.1 Å². The van der Waals surface area contributed by atoms with E-state index in [-0.39, 0.29) is 0 Å². The molecule has 0 unspecified atom stereocenters. The van der Waals surface area contributed by atoms with Gasteiger partial charge >= 0.3 is 0 Å². The second-order valence-electron chi connectivity index (χ2n) is 3.91. The molecule has 58 valence electrons. The minimum absolute atomic E-state index is 0.507. The zero-order valence-electron chi connectivity index (χ0n) is 6.61. The monoisotopic (exact) mass is 140 g/mol. The van der Waals surface area contributed by atoms with E-state index < -0.39 is 0 Å². The van der Waals surface area contributed by atoms with Crippen molar-refractivity contribution in [2.24, 2.45) is 0 Å². The molecule has 1 saturated carbocycles. The molecule has 2 nitrogen and oxygen atoms in total. The lowest BCUT2D eigenvalue weighted by Gasteiger charge is -2.45. The summed E-state index contributed by atoms with van der Waals surface area (Å²) < 4.78 is 0. The zero-order valence-corrected chi connectivity index (χ0v) is 6.61. The first-order valence-corrected chi connectivity index (χ1v) is 4.27. The highest BCUT2D eigenvalue weighted by Gasteiger charge is 2.34. The van der Waals surface area contributed by atoms with Gasteiger partial charge in [-0.05, 0) is 26.2 Å². The van der Waals surface area contributed by atoms with Gasteiger partial charge in [0.25, 0.3) is 0 Å². The third-order valence-electron chi connectivity index (χ3n) is 2.79. The van der Waals surface area contributed by atoms with Gasteiger partial charge in [0, 0.05) is 24.7 Å². The number of hydrogen-bond donors (Lipinski definition) is 2. The van der Waals surface area contributed by atoms with Gasteiger partial charge in [-0.15, -0.1) is 0 Å². The molecule has 1 aliphatic carbocycles. The van der Waals surface area contributed by atoms with Gasteiger partial charge in [0.15, 0.2) is 0 Å². The average Bonchev–Trinajstić information content (AvgIpc) is 1.74. The predicted octanol–water partition coefficient (Wildman–Crippen LogP) is 0.490. The lowest BCUT2D eigenvalue weighted by Crippen LogP contribution is -2.63. The quantitative estimate of drug-likeness (QED) is 0.583. The summed E-state index contributed by atoms with van der Waals surface area (Å²) in [4.78, 5) is 0. The molecule has 0 atom stereocenters. The van der Waals surface area contributed by atoms with Gasteiger partial charge in [-0.1, -0.05) is 0 Å². The fraction of sp³-hybridized carbons (Fsp3) is 1.00. The first kappa shape index (κ1) is 6.62. The molecule has 2 heteroatoms. The van der Waals surface area contributed by atoms with Crippen LogP contribution in [0, 0.1) is 0 Å². The van der Waals surface area contributed by atoms with Crippen molar-refractivity contribution in [2.45, 2.75) is 37.8 Å². The highest BCUT2D eigenvalue weighted by molar-refractivity contribution is 4.97. The summed E-state index contributed by atoms with van der Waals surface area (Å²) in [7, 11) is 0. The van der Waals surface area contributed by atoms with E-state index in [1.165, 1.54) is 32.4 Å². The molecule has 2 aliphatic rings. The van der Waals surface area contributed by atoms with E-state index in [2.05, 4.69) is 17.6 Å². The summed E-state index contributed by atoms with van der Waals surface area (Å²) in [6.07, 6.45) is 4.18. The van der Waals surface area contributed by atoms with Crippen LogP contribution >= 0.6 is 0 Å². The maximum Gasteiger partial charge on any atom is 0.0322 e. The largest absolute Gasteiger partial charge is 0.314 e. The van der Waals surface area contributed by atoms with Crippen LogP contribution in [-0.4, -0.2) is 24.7 Å². The van der Waals surface area contributed by atoms with Crippen LogP contribution in [0.3, 0.4) is 0 Å². The summed E-state index contributed by atoms with van der Waals surface area (Å²) in [5.74, 6) is 0. The minimum atomic E-state index is 0.507. The Morgan fingerprint density at radius 3 is 2.40 bits per heavy atom. The van der Waals surface area contributed by atoms with Crippen molar-refractivity contribution < 1.29 is 0 Å². The average molecular weight is 140 g/mol. The maximum absolute atomic E-state index is 3.67. The van der Waals surface area contributed by atoms with Gasteiger partial charge in [-0.2, -0.15) is 0 Å². The molecule has 1 saturated heterocycles. The molecule has 0 amide bonds. The van der Waals surface area contributed by atoms with Crippen LogP contribution in [0.4, 0.5) is 0 Å².